The monoisotopic (exact) mass is 159 g/mol. The minimum atomic E-state index is -0.0437. The number of aliphatic hydroxyl groups is 1. The summed E-state index contributed by atoms with van der Waals surface area (Å²) in [5.74, 6) is 0. The van der Waals surface area contributed by atoms with Crippen molar-refractivity contribution in [3.8, 4) is 0 Å². The van der Waals surface area contributed by atoms with Gasteiger partial charge in [-0.05, 0) is 6.07 Å². The van der Waals surface area contributed by atoms with Crippen molar-refractivity contribution in [3.05, 3.63) is 18.0 Å². The first-order valence-corrected chi connectivity index (χ1v) is 3.50. The Morgan fingerprint density at radius 3 is 3.17 bits per heavy atom. The summed E-state index contributed by atoms with van der Waals surface area (Å²) in [5.41, 5.74) is 2.40. The number of aliphatic hydroxyl groups excluding tert-OH is 1. The lowest BCUT2D eigenvalue weighted by Crippen LogP contribution is -2.07. The molecular formula is C7H6BN3O. The van der Waals surface area contributed by atoms with Gasteiger partial charge in [-0.25, -0.2) is 4.98 Å². The number of rotatable bonds is 1. The van der Waals surface area contributed by atoms with Crippen molar-refractivity contribution in [2.24, 2.45) is 0 Å². The molecule has 5 heteroatoms. The smallest absolute Gasteiger partial charge is 0.156 e. The van der Waals surface area contributed by atoms with E-state index in [0.29, 0.717) is 22.5 Å². The minimum absolute atomic E-state index is 0.0437. The third-order valence-corrected chi connectivity index (χ3v) is 1.58. The summed E-state index contributed by atoms with van der Waals surface area (Å²) in [4.78, 5) is 10.9. The number of fused-ring (bicyclic) bond motifs is 1. The molecule has 58 valence electrons. The van der Waals surface area contributed by atoms with E-state index in [9.17, 15) is 0 Å². The highest BCUT2D eigenvalue weighted by atomic mass is 16.3. The van der Waals surface area contributed by atoms with E-state index in [1.165, 1.54) is 6.20 Å². The molecule has 2 rings (SSSR count). The number of nitrogens with one attached hydrogen (secondary N) is 1. The zero-order valence-corrected chi connectivity index (χ0v) is 6.28. The maximum Gasteiger partial charge on any atom is 0.156 e. The van der Waals surface area contributed by atoms with Crippen molar-refractivity contribution in [2.75, 3.05) is 0 Å². The lowest BCUT2D eigenvalue weighted by molar-refractivity contribution is 0.278. The van der Waals surface area contributed by atoms with E-state index in [-0.39, 0.29) is 6.61 Å². The van der Waals surface area contributed by atoms with Crippen LogP contribution in [0, 0.1) is 0 Å². The quantitative estimate of drug-likeness (QED) is 0.537. The second-order valence-corrected chi connectivity index (χ2v) is 2.48. The van der Waals surface area contributed by atoms with Crippen LogP contribution in [0.4, 0.5) is 0 Å². The van der Waals surface area contributed by atoms with Gasteiger partial charge in [0, 0.05) is 17.5 Å². The average molecular weight is 159 g/mol. The zero-order valence-electron chi connectivity index (χ0n) is 6.28. The molecule has 2 heterocycles. The Hall–Kier alpha value is -1.36. The number of hydrogen-bond acceptors (Lipinski definition) is 3. The summed E-state index contributed by atoms with van der Waals surface area (Å²) < 4.78 is 0. The highest BCUT2D eigenvalue weighted by Crippen LogP contribution is 2.07. The largest absolute Gasteiger partial charge is 0.390 e. The van der Waals surface area contributed by atoms with Crippen LogP contribution < -0.4 is 5.59 Å². The fourth-order valence-corrected chi connectivity index (χ4v) is 1.05. The van der Waals surface area contributed by atoms with Crippen LogP contribution in [0.3, 0.4) is 0 Å². The van der Waals surface area contributed by atoms with Gasteiger partial charge in [-0.3, -0.25) is 4.98 Å². The van der Waals surface area contributed by atoms with Gasteiger partial charge in [0.2, 0.25) is 0 Å². The van der Waals surface area contributed by atoms with Crippen LogP contribution in [-0.2, 0) is 6.61 Å². The van der Waals surface area contributed by atoms with Gasteiger partial charge in [-0.2, -0.15) is 0 Å². The van der Waals surface area contributed by atoms with Gasteiger partial charge < -0.3 is 10.1 Å². The number of aromatic nitrogens is 3. The molecule has 4 nitrogen and oxygen atoms in total. The van der Waals surface area contributed by atoms with Crippen LogP contribution in [0.5, 0.6) is 0 Å². The topological polar surface area (TPSA) is 61.8 Å². The first-order chi connectivity index (χ1) is 5.79. The predicted molar refractivity (Wildman–Crippen MR) is 45.2 cm³/mol. The van der Waals surface area contributed by atoms with E-state index < -0.39 is 0 Å². The fourth-order valence-electron chi connectivity index (χ4n) is 1.05. The Morgan fingerprint density at radius 1 is 1.58 bits per heavy atom. The van der Waals surface area contributed by atoms with E-state index in [1.807, 2.05) is 0 Å². The third-order valence-electron chi connectivity index (χ3n) is 1.58. The second kappa shape index (κ2) is 2.60. The number of H-pyrrole nitrogens is 1. The van der Waals surface area contributed by atoms with Crippen LogP contribution in [0.25, 0.3) is 11.2 Å². The lowest BCUT2D eigenvalue weighted by Gasteiger charge is -1.89. The van der Waals surface area contributed by atoms with Crippen molar-refractivity contribution in [3.63, 3.8) is 0 Å². The van der Waals surface area contributed by atoms with Crippen LogP contribution in [-0.4, -0.2) is 27.9 Å². The number of aromatic amines is 1. The van der Waals surface area contributed by atoms with Crippen molar-refractivity contribution < 1.29 is 5.11 Å². The molecule has 0 saturated carbocycles. The maximum absolute atomic E-state index is 8.79. The van der Waals surface area contributed by atoms with Gasteiger partial charge in [0.05, 0.1) is 6.61 Å². The summed E-state index contributed by atoms with van der Waals surface area (Å²) >= 11 is 0. The van der Waals surface area contributed by atoms with Crippen molar-refractivity contribution in [1.82, 2.24) is 15.0 Å². The Morgan fingerprint density at radius 2 is 2.42 bits per heavy atom. The molecule has 0 bridgehead atoms. The highest BCUT2D eigenvalue weighted by molar-refractivity contribution is 6.30. The Balaban J connectivity index is 2.67. The molecule has 0 unspecified atom stereocenters. The molecule has 0 aromatic carbocycles. The molecule has 0 amide bonds. The van der Waals surface area contributed by atoms with Crippen LogP contribution in [0.1, 0.15) is 5.69 Å². The van der Waals surface area contributed by atoms with Gasteiger partial charge >= 0.3 is 0 Å². The molecule has 0 atom stereocenters. The van der Waals surface area contributed by atoms with Gasteiger partial charge in [-0.1, -0.05) is 0 Å². The molecule has 0 aliphatic heterocycles. The summed E-state index contributed by atoms with van der Waals surface area (Å²) in [6, 6.07) is 1.72. The van der Waals surface area contributed by atoms with Gasteiger partial charge in [0.25, 0.3) is 0 Å². The van der Waals surface area contributed by atoms with Crippen molar-refractivity contribution in [2.45, 2.75) is 6.61 Å². The Bertz CT molecular complexity index is 412. The molecular weight excluding hydrogens is 153 g/mol. The Kier molecular flexibility index (Phi) is 1.58. The predicted octanol–water partition coefficient (Wildman–Crippen LogP) is -0.756. The molecule has 0 spiro atoms. The molecule has 2 aromatic rings. The van der Waals surface area contributed by atoms with Crippen LogP contribution in [0.15, 0.2) is 12.3 Å². The summed E-state index contributed by atoms with van der Waals surface area (Å²) in [6.45, 7) is -0.0437. The van der Waals surface area contributed by atoms with Crippen LogP contribution >= 0.6 is 0 Å². The first kappa shape index (κ1) is 7.30. The summed E-state index contributed by atoms with van der Waals surface area (Å²) in [5, 5.41) is 8.79. The van der Waals surface area contributed by atoms with Crippen molar-refractivity contribution in [1.29, 1.82) is 0 Å². The summed E-state index contributed by atoms with van der Waals surface area (Å²) in [6.07, 6.45) is 1.47. The molecule has 2 radical (unpaired) electrons. The summed E-state index contributed by atoms with van der Waals surface area (Å²) in [7, 11) is 5.42. The molecule has 0 aliphatic rings. The van der Waals surface area contributed by atoms with E-state index in [1.54, 1.807) is 6.07 Å². The van der Waals surface area contributed by atoms with Crippen molar-refractivity contribution >= 4 is 24.6 Å². The van der Waals surface area contributed by atoms with Gasteiger partial charge in [-0.15, -0.1) is 0 Å². The first-order valence-electron chi connectivity index (χ1n) is 3.50. The van der Waals surface area contributed by atoms with Gasteiger partial charge in [0.15, 0.2) is 5.65 Å². The van der Waals surface area contributed by atoms with Crippen LogP contribution in [0.2, 0.25) is 0 Å². The highest BCUT2D eigenvalue weighted by Gasteiger charge is 2.00. The van der Waals surface area contributed by atoms with E-state index in [2.05, 4.69) is 15.0 Å². The zero-order chi connectivity index (χ0) is 8.55. The minimum Gasteiger partial charge on any atom is -0.390 e. The normalized spacial score (nSPS) is 10.8. The SMILES string of the molecule is [B]c1cnc2[nH]c(CO)cc2n1. The van der Waals surface area contributed by atoms with E-state index in [4.69, 9.17) is 13.0 Å². The Labute approximate surface area is 70.1 Å². The molecule has 2 N–H and O–H groups in total. The fraction of sp³-hybridized carbons (Fsp3) is 0.143. The molecule has 12 heavy (non-hydrogen) atoms. The number of hydrogen-bond donors (Lipinski definition) is 2. The van der Waals surface area contributed by atoms with Gasteiger partial charge in [0.1, 0.15) is 13.4 Å². The molecule has 0 saturated heterocycles. The second-order valence-electron chi connectivity index (χ2n) is 2.48. The standard InChI is InChI=1S/C7H6BN3O/c8-6-2-9-7-5(11-6)1-4(3-12)10-7/h1-2,12H,3H2,(H,9,10). The lowest BCUT2D eigenvalue weighted by atomic mass is 10.1. The molecule has 0 aliphatic carbocycles. The van der Waals surface area contributed by atoms with E-state index in [0.717, 1.165) is 0 Å². The third kappa shape index (κ3) is 1.08. The molecule has 2 aromatic heterocycles. The molecule has 0 fully saturated rings. The van der Waals surface area contributed by atoms with E-state index >= 15 is 0 Å². The number of nitrogens with zero attached hydrogens (tertiary/aromatic N) is 2. The maximum atomic E-state index is 8.79. The average Bonchev–Trinajstić information content (AvgIpc) is 2.46.